The van der Waals surface area contributed by atoms with Crippen molar-refractivity contribution in [2.24, 2.45) is 0 Å². The van der Waals surface area contributed by atoms with Crippen LogP contribution in [-0.4, -0.2) is 14.8 Å². The molecule has 0 amide bonds. The van der Waals surface area contributed by atoms with Crippen LogP contribution in [0, 0.1) is 11.3 Å². The van der Waals surface area contributed by atoms with Crippen molar-refractivity contribution in [1.82, 2.24) is 9.55 Å². The molecule has 1 heterocycles. The van der Waals surface area contributed by atoms with Crippen LogP contribution < -0.4 is 0 Å². The molecule has 0 fully saturated rings. The Kier molecular flexibility index (Phi) is 3.28. The van der Waals surface area contributed by atoms with Gasteiger partial charge < -0.3 is 0 Å². The van der Waals surface area contributed by atoms with Gasteiger partial charge in [-0.1, -0.05) is 30.0 Å². The molecule has 0 radical (unpaired) electrons. The Morgan fingerprint density at radius 1 is 1.38 bits per heavy atom. The van der Waals surface area contributed by atoms with Gasteiger partial charge in [0.15, 0.2) is 5.16 Å². The number of nitriles is 1. The summed E-state index contributed by atoms with van der Waals surface area (Å²) in [5.41, 5.74) is 1.06. The lowest BCUT2D eigenvalue weighted by atomic mass is 10.3. The standard InChI is InChI=1S/C12H11N3S/c1-10(9-13)16-12-14-7-8-15(12)11-5-3-2-4-6-11/h2-8,10H,1H3/t10-/m1/s1. The largest absolute Gasteiger partial charge is 0.295 e. The van der Waals surface area contributed by atoms with Gasteiger partial charge in [-0.3, -0.25) is 4.57 Å². The molecular weight excluding hydrogens is 218 g/mol. The summed E-state index contributed by atoms with van der Waals surface area (Å²) >= 11 is 1.46. The molecule has 2 rings (SSSR count). The van der Waals surface area contributed by atoms with E-state index < -0.39 is 0 Å². The molecule has 0 saturated carbocycles. The molecule has 1 atom stereocenters. The number of thioether (sulfide) groups is 1. The summed E-state index contributed by atoms with van der Waals surface area (Å²) < 4.78 is 1.98. The predicted molar refractivity (Wildman–Crippen MR) is 64.5 cm³/mol. The second-order valence-electron chi connectivity index (χ2n) is 3.30. The number of para-hydroxylation sites is 1. The summed E-state index contributed by atoms with van der Waals surface area (Å²) in [7, 11) is 0. The maximum absolute atomic E-state index is 8.79. The normalized spacial score (nSPS) is 12.0. The molecule has 0 N–H and O–H groups in total. The predicted octanol–water partition coefficient (Wildman–Crippen LogP) is 2.88. The quantitative estimate of drug-likeness (QED) is 0.760. The second kappa shape index (κ2) is 4.86. The summed E-state index contributed by atoms with van der Waals surface area (Å²) in [5, 5.41) is 9.54. The van der Waals surface area contributed by atoms with Crippen molar-refractivity contribution < 1.29 is 0 Å². The third-order valence-electron chi connectivity index (χ3n) is 2.11. The molecule has 1 aromatic carbocycles. The first-order chi connectivity index (χ1) is 7.81. The van der Waals surface area contributed by atoms with Crippen LogP contribution in [0.3, 0.4) is 0 Å². The molecule has 0 bridgehead atoms. The third-order valence-corrected chi connectivity index (χ3v) is 3.08. The van der Waals surface area contributed by atoms with E-state index in [4.69, 9.17) is 5.26 Å². The van der Waals surface area contributed by atoms with E-state index in [0.717, 1.165) is 10.8 Å². The average molecular weight is 229 g/mol. The first-order valence-electron chi connectivity index (χ1n) is 4.96. The zero-order valence-electron chi connectivity index (χ0n) is 8.87. The van der Waals surface area contributed by atoms with E-state index in [1.807, 2.05) is 48.0 Å². The lowest BCUT2D eigenvalue weighted by Crippen LogP contribution is -1.98. The van der Waals surface area contributed by atoms with E-state index in [1.165, 1.54) is 11.8 Å². The molecule has 2 aromatic rings. The molecule has 80 valence electrons. The number of aromatic nitrogens is 2. The Balaban J connectivity index is 2.30. The maximum atomic E-state index is 8.79. The molecule has 0 unspecified atom stereocenters. The number of imidazole rings is 1. The van der Waals surface area contributed by atoms with Crippen LogP contribution in [0.4, 0.5) is 0 Å². The fourth-order valence-corrected chi connectivity index (χ4v) is 2.12. The zero-order valence-corrected chi connectivity index (χ0v) is 9.69. The van der Waals surface area contributed by atoms with Crippen molar-refractivity contribution in [1.29, 1.82) is 5.26 Å². The summed E-state index contributed by atoms with van der Waals surface area (Å²) in [6.45, 7) is 1.87. The molecule has 0 saturated heterocycles. The molecule has 16 heavy (non-hydrogen) atoms. The van der Waals surface area contributed by atoms with E-state index in [9.17, 15) is 0 Å². The van der Waals surface area contributed by atoms with Crippen LogP contribution in [0.5, 0.6) is 0 Å². The van der Waals surface area contributed by atoms with Gasteiger partial charge in [-0.15, -0.1) is 0 Å². The Morgan fingerprint density at radius 2 is 2.12 bits per heavy atom. The Hall–Kier alpha value is -1.73. The molecule has 3 nitrogen and oxygen atoms in total. The highest BCUT2D eigenvalue weighted by Crippen LogP contribution is 2.23. The maximum Gasteiger partial charge on any atom is 0.173 e. The van der Waals surface area contributed by atoms with Gasteiger partial charge in [-0.25, -0.2) is 4.98 Å². The van der Waals surface area contributed by atoms with Crippen molar-refractivity contribution in [2.75, 3.05) is 0 Å². The number of rotatable bonds is 3. The van der Waals surface area contributed by atoms with Crippen LogP contribution >= 0.6 is 11.8 Å². The van der Waals surface area contributed by atoms with Crippen LogP contribution in [0.25, 0.3) is 5.69 Å². The number of hydrogen-bond donors (Lipinski definition) is 0. The highest BCUT2D eigenvalue weighted by atomic mass is 32.2. The van der Waals surface area contributed by atoms with E-state index in [1.54, 1.807) is 6.20 Å². The lowest BCUT2D eigenvalue weighted by Gasteiger charge is -2.07. The number of benzene rings is 1. The highest BCUT2D eigenvalue weighted by molar-refractivity contribution is 8.00. The monoisotopic (exact) mass is 229 g/mol. The third kappa shape index (κ3) is 2.26. The summed E-state index contributed by atoms with van der Waals surface area (Å²) in [6.07, 6.45) is 3.65. The van der Waals surface area contributed by atoms with Gasteiger partial charge >= 0.3 is 0 Å². The molecule has 4 heteroatoms. The molecule has 0 aliphatic rings. The van der Waals surface area contributed by atoms with Gasteiger partial charge in [0.2, 0.25) is 0 Å². The Morgan fingerprint density at radius 3 is 2.81 bits per heavy atom. The van der Waals surface area contributed by atoms with Gasteiger partial charge in [0.05, 0.1) is 11.3 Å². The second-order valence-corrected chi connectivity index (χ2v) is 4.61. The van der Waals surface area contributed by atoms with Gasteiger partial charge in [0.1, 0.15) is 0 Å². The van der Waals surface area contributed by atoms with Crippen molar-refractivity contribution >= 4 is 11.8 Å². The minimum Gasteiger partial charge on any atom is -0.295 e. The molecule has 0 spiro atoms. The number of nitrogens with zero attached hydrogens (tertiary/aromatic N) is 3. The fraction of sp³-hybridized carbons (Fsp3) is 0.167. The van der Waals surface area contributed by atoms with Crippen molar-refractivity contribution in [3.63, 3.8) is 0 Å². The van der Waals surface area contributed by atoms with Gasteiger partial charge in [0, 0.05) is 18.1 Å². The van der Waals surface area contributed by atoms with Crippen molar-refractivity contribution in [3.05, 3.63) is 42.7 Å². The van der Waals surface area contributed by atoms with Gasteiger partial charge in [-0.05, 0) is 19.1 Å². The minimum atomic E-state index is -0.0927. The minimum absolute atomic E-state index is 0.0927. The summed E-state index contributed by atoms with van der Waals surface area (Å²) in [4.78, 5) is 4.26. The van der Waals surface area contributed by atoms with Crippen molar-refractivity contribution in [2.45, 2.75) is 17.3 Å². The molecule has 0 aliphatic carbocycles. The molecular formula is C12H11N3S. The van der Waals surface area contributed by atoms with Crippen LogP contribution in [0.1, 0.15) is 6.92 Å². The lowest BCUT2D eigenvalue weighted by molar-refractivity contribution is 0.892. The van der Waals surface area contributed by atoms with E-state index >= 15 is 0 Å². The topological polar surface area (TPSA) is 41.6 Å². The average Bonchev–Trinajstić information content (AvgIpc) is 2.78. The summed E-state index contributed by atoms with van der Waals surface area (Å²) in [6, 6.07) is 12.2. The Labute approximate surface area is 98.7 Å². The Bertz CT molecular complexity index is 498. The van der Waals surface area contributed by atoms with Crippen LogP contribution in [-0.2, 0) is 0 Å². The first-order valence-corrected chi connectivity index (χ1v) is 5.84. The molecule has 0 aliphatic heterocycles. The number of hydrogen-bond acceptors (Lipinski definition) is 3. The SMILES string of the molecule is C[C@H](C#N)Sc1nccn1-c1ccccc1. The van der Waals surface area contributed by atoms with Gasteiger partial charge in [0.25, 0.3) is 0 Å². The highest BCUT2D eigenvalue weighted by Gasteiger charge is 2.09. The van der Waals surface area contributed by atoms with Crippen LogP contribution in [0.2, 0.25) is 0 Å². The van der Waals surface area contributed by atoms with Crippen molar-refractivity contribution in [3.8, 4) is 11.8 Å². The molecule has 1 aromatic heterocycles. The smallest absolute Gasteiger partial charge is 0.173 e. The van der Waals surface area contributed by atoms with Crippen LogP contribution in [0.15, 0.2) is 47.9 Å². The van der Waals surface area contributed by atoms with Gasteiger partial charge in [-0.2, -0.15) is 5.26 Å². The summed E-state index contributed by atoms with van der Waals surface area (Å²) in [5.74, 6) is 0. The zero-order chi connectivity index (χ0) is 11.4. The van der Waals surface area contributed by atoms with E-state index in [-0.39, 0.29) is 5.25 Å². The first kappa shape index (κ1) is 10.8. The van der Waals surface area contributed by atoms with E-state index in [0.29, 0.717) is 0 Å². The fourth-order valence-electron chi connectivity index (χ4n) is 1.35. The van der Waals surface area contributed by atoms with E-state index in [2.05, 4.69) is 11.1 Å².